The van der Waals surface area contributed by atoms with Crippen LogP contribution in [0.4, 0.5) is 0 Å². The molecule has 2 N–H and O–H groups in total. The monoisotopic (exact) mass is 305 g/mol. The molecule has 0 saturated heterocycles. The minimum absolute atomic E-state index is 0.0232. The average molecular weight is 305 g/mol. The molecule has 1 unspecified atom stereocenters. The van der Waals surface area contributed by atoms with E-state index >= 15 is 0 Å². The summed E-state index contributed by atoms with van der Waals surface area (Å²) in [6.45, 7) is 3.14. The van der Waals surface area contributed by atoms with Crippen molar-refractivity contribution in [3.8, 4) is 0 Å². The summed E-state index contributed by atoms with van der Waals surface area (Å²) >= 11 is 0.854. The molecule has 19 heavy (non-hydrogen) atoms. The molecule has 0 aliphatic rings. The predicted molar refractivity (Wildman–Crippen MR) is 72.5 cm³/mol. The Morgan fingerprint density at radius 1 is 1.37 bits per heavy atom. The first-order chi connectivity index (χ1) is 8.75. The fourth-order valence-corrected chi connectivity index (χ4v) is 3.24. The first-order valence-electron chi connectivity index (χ1n) is 5.59. The molecule has 0 aliphatic carbocycles. The van der Waals surface area contributed by atoms with E-state index in [0.29, 0.717) is 0 Å². The summed E-state index contributed by atoms with van der Waals surface area (Å²) in [4.78, 5) is 22.8. The molecule has 0 aliphatic heterocycles. The SMILES string of the molecule is CCS(=O)(=O)CC(C)NC(=O)c1ccc(C(=O)O)s1. The van der Waals surface area contributed by atoms with Gasteiger partial charge in [-0.15, -0.1) is 11.3 Å². The van der Waals surface area contributed by atoms with Crippen LogP contribution in [-0.4, -0.2) is 42.9 Å². The summed E-state index contributed by atoms with van der Waals surface area (Å²) in [5, 5.41) is 11.3. The molecule has 0 fully saturated rings. The van der Waals surface area contributed by atoms with Crippen molar-refractivity contribution in [3.05, 3.63) is 21.9 Å². The smallest absolute Gasteiger partial charge is 0.345 e. The third-order valence-electron chi connectivity index (χ3n) is 2.36. The first-order valence-corrected chi connectivity index (χ1v) is 8.23. The number of carbonyl (C=O) groups is 2. The second-order valence-corrected chi connectivity index (χ2v) is 7.52. The third kappa shape index (κ3) is 4.64. The topological polar surface area (TPSA) is 101 Å². The van der Waals surface area contributed by atoms with Gasteiger partial charge in [-0.25, -0.2) is 13.2 Å². The van der Waals surface area contributed by atoms with Crippen molar-refractivity contribution in [2.24, 2.45) is 0 Å². The van der Waals surface area contributed by atoms with Crippen LogP contribution in [0.5, 0.6) is 0 Å². The molecule has 0 spiro atoms. The number of carbonyl (C=O) groups excluding carboxylic acids is 1. The Morgan fingerprint density at radius 2 is 1.95 bits per heavy atom. The number of aromatic carboxylic acids is 1. The van der Waals surface area contributed by atoms with Gasteiger partial charge in [-0.1, -0.05) is 6.92 Å². The van der Waals surface area contributed by atoms with Crippen LogP contribution in [0.25, 0.3) is 0 Å². The van der Waals surface area contributed by atoms with Gasteiger partial charge in [-0.2, -0.15) is 0 Å². The van der Waals surface area contributed by atoms with Crippen molar-refractivity contribution in [1.82, 2.24) is 5.32 Å². The lowest BCUT2D eigenvalue weighted by Crippen LogP contribution is -2.37. The Kier molecular flexibility index (Phi) is 5.07. The molecular weight excluding hydrogens is 290 g/mol. The van der Waals surface area contributed by atoms with Gasteiger partial charge in [0, 0.05) is 11.8 Å². The number of thiophene rings is 1. The Labute approximate surface area is 115 Å². The Bertz CT molecular complexity index is 576. The maximum Gasteiger partial charge on any atom is 0.345 e. The molecule has 1 amide bonds. The summed E-state index contributed by atoms with van der Waals surface area (Å²) in [5.74, 6) is -1.66. The van der Waals surface area contributed by atoms with Crippen LogP contribution >= 0.6 is 11.3 Å². The molecule has 8 heteroatoms. The van der Waals surface area contributed by atoms with Gasteiger partial charge in [0.1, 0.15) is 4.88 Å². The van der Waals surface area contributed by atoms with E-state index in [1.165, 1.54) is 12.1 Å². The number of sulfone groups is 1. The Balaban J connectivity index is 2.66. The van der Waals surface area contributed by atoms with Crippen molar-refractivity contribution in [2.75, 3.05) is 11.5 Å². The van der Waals surface area contributed by atoms with Gasteiger partial charge in [0.15, 0.2) is 9.84 Å². The normalized spacial score (nSPS) is 12.9. The fourth-order valence-electron chi connectivity index (χ4n) is 1.41. The zero-order valence-electron chi connectivity index (χ0n) is 10.5. The highest BCUT2D eigenvalue weighted by atomic mass is 32.2. The quantitative estimate of drug-likeness (QED) is 0.816. The molecule has 1 heterocycles. The van der Waals surface area contributed by atoms with Gasteiger partial charge < -0.3 is 10.4 Å². The minimum atomic E-state index is -3.16. The van der Waals surface area contributed by atoms with Crippen molar-refractivity contribution in [3.63, 3.8) is 0 Å². The van der Waals surface area contributed by atoms with Crippen molar-refractivity contribution >= 4 is 33.1 Å². The number of rotatable bonds is 6. The van der Waals surface area contributed by atoms with Gasteiger partial charge >= 0.3 is 5.97 Å². The molecule has 1 atom stereocenters. The summed E-state index contributed by atoms with van der Waals surface area (Å²) in [7, 11) is -3.16. The standard InChI is InChI=1S/C11H15NO5S2/c1-3-19(16,17)6-7(2)12-10(13)8-4-5-9(18-8)11(14)15/h4-5,7H,3,6H2,1-2H3,(H,12,13)(H,14,15). The maximum atomic E-state index is 11.8. The average Bonchev–Trinajstić information content (AvgIpc) is 2.77. The van der Waals surface area contributed by atoms with E-state index in [4.69, 9.17) is 5.11 Å². The first kappa shape index (κ1) is 15.6. The number of nitrogens with one attached hydrogen (secondary N) is 1. The van der Waals surface area contributed by atoms with E-state index < -0.39 is 27.8 Å². The fraction of sp³-hybridized carbons (Fsp3) is 0.455. The maximum absolute atomic E-state index is 11.8. The van der Waals surface area contributed by atoms with Gasteiger partial charge in [-0.3, -0.25) is 4.79 Å². The summed E-state index contributed by atoms with van der Waals surface area (Å²) in [6.07, 6.45) is 0. The molecule has 1 aromatic heterocycles. The number of amides is 1. The second kappa shape index (κ2) is 6.16. The van der Waals surface area contributed by atoms with E-state index in [1.54, 1.807) is 13.8 Å². The van der Waals surface area contributed by atoms with Crippen LogP contribution in [0, 0.1) is 0 Å². The molecule has 1 aromatic rings. The summed E-state index contributed by atoms with van der Waals surface area (Å²) < 4.78 is 22.8. The largest absolute Gasteiger partial charge is 0.477 e. The number of hydrogen-bond acceptors (Lipinski definition) is 5. The van der Waals surface area contributed by atoms with Crippen LogP contribution in [0.15, 0.2) is 12.1 Å². The number of carboxylic acids is 1. The number of hydrogen-bond donors (Lipinski definition) is 2. The van der Waals surface area contributed by atoms with Crippen LogP contribution in [0.3, 0.4) is 0 Å². The van der Waals surface area contributed by atoms with Crippen LogP contribution in [0.1, 0.15) is 33.2 Å². The van der Waals surface area contributed by atoms with E-state index in [1.807, 2.05) is 0 Å². The van der Waals surface area contributed by atoms with Crippen molar-refractivity contribution in [1.29, 1.82) is 0 Å². The van der Waals surface area contributed by atoms with Crippen LogP contribution in [0.2, 0.25) is 0 Å². The van der Waals surface area contributed by atoms with E-state index in [9.17, 15) is 18.0 Å². The number of carboxylic acid groups (broad SMARTS) is 1. The molecule has 0 bridgehead atoms. The molecule has 6 nitrogen and oxygen atoms in total. The molecule has 0 aromatic carbocycles. The van der Waals surface area contributed by atoms with E-state index in [0.717, 1.165) is 11.3 Å². The lowest BCUT2D eigenvalue weighted by molar-refractivity contribution is 0.0702. The highest BCUT2D eigenvalue weighted by molar-refractivity contribution is 7.91. The van der Waals surface area contributed by atoms with Crippen molar-refractivity contribution < 1.29 is 23.1 Å². The van der Waals surface area contributed by atoms with E-state index in [2.05, 4.69) is 5.32 Å². The van der Waals surface area contributed by atoms with Gasteiger partial charge in [-0.05, 0) is 19.1 Å². The van der Waals surface area contributed by atoms with Crippen LogP contribution < -0.4 is 5.32 Å². The molecule has 0 saturated carbocycles. The van der Waals surface area contributed by atoms with Gasteiger partial charge in [0.05, 0.1) is 10.6 Å². The zero-order valence-corrected chi connectivity index (χ0v) is 12.2. The lowest BCUT2D eigenvalue weighted by atomic mass is 10.3. The molecule has 106 valence electrons. The molecular formula is C11H15NO5S2. The van der Waals surface area contributed by atoms with Gasteiger partial charge in [0.2, 0.25) is 0 Å². The molecule has 1 rings (SSSR count). The van der Waals surface area contributed by atoms with Crippen molar-refractivity contribution in [2.45, 2.75) is 19.9 Å². The highest BCUT2D eigenvalue weighted by Crippen LogP contribution is 2.16. The lowest BCUT2D eigenvalue weighted by Gasteiger charge is -2.12. The van der Waals surface area contributed by atoms with E-state index in [-0.39, 0.29) is 21.3 Å². The zero-order chi connectivity index (χ0) is 14.6. The Morgan fingerprint density at radius 3 is 2.42 bits per heavy atom. The Hall–Kier alpha value is -1.41. The van der Waals surface area contributed by atoms with Crippen LogP contribution in [-0.2, 0) is 9.84 Å². The summed E-state index contributed by atoms with van der Waals surface area (Å²) in [5.41, 5.74) is 0. The summed E-state index contributed by atoms with van der Waals surface area (Å²) in [6, 6.07) is 2.23. The third-order valence-corrected chi connectivity index (χ3v) is 5.32. The van der Waals surface area contributed by atoms with Gasteiger partial charge in [0.25, 0.3) is 5.91 Å². The predicted octanol–water partition coefficient (Wildman–Crippen LogP) is 0.999. The highest BCUT2D eigenvalue weighted by Gasteiger charge is 2.18. The minimum Gasteiger partial charge on any atom is -0.477 e. The second-order valence-electron chi connectivity index (χ2n) is 4.04. The molecule has 0 radical (unpaired) electrons.